The molecule has 450 valence electrons. The van der Waals surface area contributed by atoms with Crippen LogP contribution in [0.5, 0.6) is 0 Å². The second kappa shape index (κ2) is 20.1. The highest BCUT2D eigenvalue weighted by Crippen LogP contribution is 2.72. The van der Waals surface area contributed by atoms with Crippen LogP contribution in [0.15, 0.2) is 91.8 Å². The van der Waals surface area contributed by atoms with Gasteiger partial charge in [-0.1, -0.05) is 41.5 Å². The molecule has 3 aromatic heterocycles. The van der Waals surface area contributed by atoms with Crippen molar-refractivity contribution in [3.05, 3.63) is 209 Å². The fourth-order valence-corrected chi connectivity index (χ4v) is 16.4. The number of carbonyl (C=O) groups excluding carboxylic acids is 9. The third kappa shape index (κ3) is 7.94. The highest BCUT2D eigenvalue weighted by atomic mass is 16.2. The van der Waals surface area contributed by atoms with E-state index in [1.165, 1.54) is 48.1 Å². The van der Waals surface area contributed by atoms with E-state index in [1.54, 1.807) is 55.4 Å². The molecule has 18 heteroatoms. The van der Waals surface area contributed by atoms with Gasteiger partial charge in [0, 0.05) is 71.9 Å². The Labute approximate surface area is 518 Å². The van der Waals surface area contributed by atoms with Crippen molar-refractivity contribution < 1.29 is 43.2 Å². The third-order valence-corrected chi connectivity index (χ3v) is 21.4. The first kappa shape index (κ1) is 55.5. The summed E-state index contributed by atoms with van der Waals surface area (Å²) in [5, 5.41) is 8.74. The Hall–Kier alpha value is -9.84. The predicted octanol–water partition coefficient (Wildman–Crippen LogP) is 11.2. The summed E-state index contributed by atoms with van der Waals surface area (Å²) in [6, 6.07) is 16.9. The highest BCUT2D eigenvalue weighted by molar-refractivity contribution is 6.23. The molecule has 6 bridgehead atoms. The molecule has 0 fully saturated rings. The van der Waals surface area contributed by atoms with E-state index in [0.717, 1.165) is 52.6 Å². The summed E-state index contributed by atoms with van der Waals surface area (Å²) in [4.78, 5) is 143. The maximum Gasteiger partial charge on any atom is 0.261 e. The maximum absolute atomic E-state index is 14.6. The number of imide groups is 3. The van der Waals surface area contributed by atoms with E-state index in [9.17, 15) is 43.2 Å². The van der Waals surface area contributed by atoms with E-state index in [-0.39, 0.29) is 90.6 Å². The fourth-order valence-electron chi connectivity index (χ4n) is 16.4. The van der Waals surface area contributed by atoms with Crippen LogP contribution in [0.4, 0.5) is 17.1 Å². The van der Waals surface area contributed by atoms with Gasteiger partial charge in [-0.2, -0.15) is 0 Å². The summed E-state index contributed by atoms with van der Waals surface area (Å²) in [5.41, 5.74) is 18.8. The van der Waals surface area contributed by atoms with Gasteiger partial charge in [0.1, 0.15) is 0 Å². The zero-order chi connectivity index (χ0) is 62.2. The molecule has 3 aliphatic heterocycles. The number of rotatable bonds is 15. The number of pyridine rings is 3. The smallest absolute Gasteiger partial charge is 0.261 e. The summed E-state index contributed by atoms with van der Waals surface area (Å²) in [6.45, 7) is 11.3. The van der Waals surface area contributed by atoms with Crippen LogP contribution in [0.25, 0.3) is 0 Å². The van der Waals surface area contributed by atoms with Crippen molar-refractivity contribution in [1.29, 1.82) is 0 Å². The SMILES string of the molecule is CC[C@H](C)C(=O)Nc1cncc(CN2C(=O)c3cc4c(cc3C2=O)[C@@H]2C[C@H]4c3c4c(c5c(c32)[C@@H]2C[C@H]5c3cc5c(cc32)C(=O)N(Cc2cncc(NC(=O)[C@@H](C)CC)c2)C5=O)[C@@H]2C[C@H]4c3cc4c(cc32)C(=O)N(Cc2cncc(NC(=O)[C@@H](C)CC)c2)C4=O)c1. The molecule has 18 nitrogen and oxygen atoms in total. The molecule has 4 aromatic carbocycles. The molecule has 90 heavy (non-hydrogen) atoms. The van der Waals surface area contributed by atoms with Gasteiger partial charge in [-0.05, 0) is 177 Å². The lowest BCUT2D eigenvalue weighted by molar-refractivity contribution is -0.120. The van der Waals surface area contributed by atoms with Crippen LogP contribution in [0.3, 0.4) is 0 Å². The Morgan fingerprint density at radius 3 is 0.778 bits per heavy atom. The summed E-state index contributed by atoms with van der Waals surface area (Å²) in [5.74, 6) is -4.16. The largest absolute Gasteiger partial charge is 0.324 e. The molecular weight excluding hydrogens is 1130 g/mol. The first-order chi connectivity index (χ1) is 43.4. The van der Waals surface area contributed by atoms with E-state index < -0.39 is 35.4 Å². The molecule has 16 rings (SSSR count). The number of fused-ring (bicyclic) bond motifs is 30. The second-order valence-electron chi connectivity index (χ2n) is 26.3. The predicted molar refractivity (Wildman–Crippen MR) is 330 cm³/mol. The maximum atomic E-state index is 14.6. The van der Waals surface area contributed by atoms with Gasteiger partial charge in [0.25, 0.3) is 35.4 Å². The molecule has 9 atom stereocenters. The van der Waals surface area contributed by atoms with Crippen LogP contribution in [-0.2, 0) is 34.0 Å². The van der Waals surface area contributed by atoms with Crippen LogP contribution in [0.1, 0.15) is 261 Å². The number of nitrogens with zero attached hydrogens (tertiary/aromatic N) is 6. The minimum Gasteiger partial charge on any atom is -0.324 e. The van der Waals surface area contributed by atoms with Gasteiger partial charge in [0.05, 0.1) is 88.7 Å². The number of nitrogens with one attached hydrogen (secondary N) is 3. The van der Waals surface area contributed by atoms with Crippen LogP contribution in [-0.4, -0.2) is 82.8 Å². The van der Waals surface area contributed by atoms with Crippen molar-refractivity contribution >= 4 is 70.2 Å². The molecule has 0 saturated heterocycles. The highest BCUT2D eigenvalue weighted by Gasteiger charge is 2.59. The number of anilines is 3. The molecule has 3 N–H and O–H groups in total. The zero-order valence-electron chi connectivity index (χ0n) is 50.6. The molecule has 0 radical (unpaired) electrons. The third-order valence-electron chi connectivity index (χ3n) is 21.4. The van der Waals surface area contributed by atoms with Crippen molar-refractivity contribution in [1.82, 2.24) is 29.7 Å². The Kier molecular flexibility index (Phi) is 12.4. The molecule has 9 amide bonds. The average Bonchev–Trinajstić information content (AvgIpc) is 1.48. The first-order valence-corrected chi connectivity index (χ1v) is 31.5. The van der Waals surface area contributed by atoms with Crippen molar-refractivity contribution in [2.24, 2.45) is 17.8 Å². The van der Waals surface area contributed by atoms with Crippen molar-refractivity contribution in [2.75, 3.05) is 16.0 Å². The monoisotopic (exact) mass is 1200 g/mol. The zero-order valence-corrected chi connectivity index (χ0v) is 50.6. The first-order valence-electron chi connectivity index (χ1n) is 31.5. The van der Waals surface area contributed by atoms with Crippen molar-refractivity contribution in [3.8, 4) is 0 Å². The number of hydrogen-bond donors (Lipinski definition) is 3. The molecule has 9 aliphatic rings. The summed E-state index contributed by atoms with van der Waals surface area (Å²) in [6.07, 6.45) is 13.7. The summed E-state index contributed by atoms with van der Waals surface area (Å²) < 4.78 is 0. The van der Waals surface area contributed by atoms with Gasteiger partial charge in [-0.3, -0.25) is 72.8 Å². The van der Waals surface area contributed by atoms with Gasteiger partial charge in [-0.15, -0.1) is 0 Å². The summed E-state index contributed by atoms with van der Waals surface area (Å²) >= 11 is 0. The van der Waals surface area contributed by atoms with Crippen LogP contribution < -0.4 is 16.0 Å². The van der Waals surface area contributed by atoms with Gasteiger partial charge in [0.15, 0.2) is 0 Å². The molecular formula is C72H63N9O9. The van der Waals surface area contributed by atoms with Gasteiger partial charge < -0.3 is 16.0 Å². The molecule has 0 spiro atoms. The molecule has 0 saturated carbocycles. The van der Waals surface area contributed by atoms with Gasteiger partial charge >= 0.3 is 0 Å². The normalized spacial score (nSPS) is 21.9. The average molecular weight is 1200 g/mol. The van der Waals surface area contributed by atoms with Crippen molar-refractivity contribution in [2.45, 2.75) is 135 Å². The Balaban J connectivity index is 0.768. The molecule has 0 unspecified atom stereocenters. The van der Waals surface area contributed by atoms with Gasteiger partial charge in [0.2, 0.25) is 17.7 Å². The van der Waals surface area contributed by atoms with E-state index in [4.69, 9.17) is 0 Å². The van der Waals surface area contributed by atoms with E-state index >= 15 is 0 Å². The lowest BCUT2D eigenvalue weighted by atomic mass is 9.68. The quantitative estimate of drug-likeness (QED) is 0.0813. The standard InChI is InChI=1S/C72H63N9O9/c1-7-31(4)64(82)76-37-10-34(22-73-25-37)28-79-67(85)52-13-40-41(14-53(52)68(79)86)47-19-46(40)58-59(47)61-49-21-51(45-18-57-55(16-43(45)49)70(88)81(72(57)90)30-36-12-39(27-75-24-36)78-66(84)33(6)9-3)63(61)62-50-20-48(60(58)62)42-15-54-56(17-44(42)50)71(89)80(69(54)87)29-35-11-38(26-74-23-35)77-65(83)32(5)8-2/h10-18,22-27,31-33,46-51H,7-9,19-21,28-30H2,1-6H3,(H,76,82)(H,77,83)(H,78,84)/t31-,32-,33-,46-,47+,48+,49-,50-,51+/m0/s1. The summed E-state index contributed by atoms with van der Waals surface area (Å²) in [7, 11) is 0. The Bertz CT molecular complexity index is 3910. The minimum absolute atomic E-state index is 0.0354. The van der Waals surface area contributed by atoms with Crippen molar-refractivity contribution in [3.63, 3.8) is 0 Å². The number of amides is 9. The Morgan fingerprint density at radius 2 is 0.578 bits per heavy atom. The number of benzene rings is 4. The topological polar surface area (TPSA) is 238 Å². The number of carbonyl (C=O) groups is 9. The van der Waals surface area contributed by atoms with Crippen LogP contribution >= 0.6 is 0 Å². The molecule has 7 aromatic rings. The number of aromatic nitrogens is 3. The van der Waals surface area contributed by atoms with E-state index in [1.807, 2.05) is 77.9 Å². The lowest BCUT2D eigenvalue weighted by Gasteiger charge is -2.35. The lowest BCUT2D eigenvalue weighted by Crippen LogP contribution is -2.29. The van der Waals surface area contributed by atoms with Crippen LogP contribution in [0.2, 0.25) is 0 Å². The van der Waals surface area contributed by atoms with Crippen LogP contribution in [0, 0.1) is 17.8 Å². The van der Waals surface area contributed by atoms with E-state index in [2.05, 4.69) is 30.9 Å². The van der Waals surface area contributed by atoms with Gasteiger partial charge in [-0.25, -0.2) is 0 Å². The second-order valence-corrected chi connectivity index (χ2v) is 26.3. The molecule has 6 heterocycles. The molecule has 6 aliphatic carbocycles. The number of hydrogen-bond acceptors (Lipinski definition) is 12. The van der Waals surface area contributed by atoms with E-state index in [0.29, 0.717) is 86.4 Å². The minimum atomic E-state index is -0.398. The Morgan fingerprint density at radius 1 is 0.367 bits per heavy atom. The fraction of sp³-hybridized carbons (Fsp3) is 0.333.